The van der Waals surface area contributed by atoms with Crippen molar-refractivity contribution in [3.05, 3.63) is 0 Å². The largest absolute Gasteiger partial charge is 0.370 e. The third-order valence-corrected chi connectivity index (χ3v) is 1.95. The molecule has 0 aromatic carbocycles. The molecule has 0 fully saturated rings. The van der Waals surface area contributed by atoms with Crippen LogP contribution in [-0.2, 0) is 4.79 Å². The van der Waals surface area contributed by atoms with Gasteiger partial charge in [0.25, 0.3) is 0 Å². The topological polar surface area (TPSA) is 69.1 Å². The number of rotatable bonds is 6. The summed E-state index contributed by atoms with van der Waals surface area (Å²) in [5, 5.41) is 0. The van der Waals surface area contributed by atoms with Gasteiger partial charge in [-0.05, 0) is 25.3 Å². The summed E-state index contributed by atoms with van der Waals surface area (Å²) >= 11 is 0. The van der Waals surface area contributed by atoms with Gasteiger partial charge in [0, 0.05) is 6.42 Å². The monoisotopic (exact) mass is 158 g/mol. The molecule has 0 radical (unpaired) electrons. The second kappa shape index (κ2) is 6.16. The number of hydrogen-bond donors (Lipinski definition) is 2. The van der Waals surface area contributed by atoms with Crippen LogP contribution < -0.4 is 11.5 Å². The first-order valence-corrected chi connectivity index (χ1v) is 4.19. The first-order chi connectivity index (χ1) is 5.20. The van der Waals surface area contributed by atoms with Gasteiger partial charge in [0.15, 0.2) is 0 Å². The van der Waals surface area contributed by atoms with E-state index >= 15 is 0 Å². The zero-order chi connectivity index (χ0) is 8.69. The van der Waals surface area contributed by atoms with Crippen LogP contribution in [0.2, 0.25) is 0 Å². The molecule has 0 aromatic rings. The second-order valence-corrected chi connectivity index (χ2v) is 2.86. The van der Waals surface area contributed by atoms with E-state index in [9.17, 15) is 4.79 Å². The van der Waals surface area contributed by atoms with E-state index in [2.05, 4.69) is 6.92 Å². The van der Waals surface area contributed by atoms with Crippen molar-refractivity contribution < 1.29 is 4.79 Å². The average Bonchev–Trinajstić information content (AvgIpc) is 1.97. The minimum atomic E-state index is -0.208. The minimum absolute atomic E-state index is 0.208. The number of carbonyl (C=O) groups is 1. The fourth-order valence-corrected chi connectivity index (χ4v) is 1.13. The van der Waals surface area contributed by atoms with Gasteiger partial charge in [-0.2, -0.15) is 0 Å². The van der Waals surface area contributed by atoms with Gasteiger partial charge in [-0.1, -0.05) is 13.3 Å². The molecule has 4 N–H and O–H groups in total. The van der Waals surface area contributed by atoms with Gasteiger partial charge in [0.1, 0.15) is 0 Å². The smallest absolute Gasteiger partial charge is 0.217 e. The van der Waals surface area contributed by atoms with Crippen molar-refractivity contribution in [1.29, 1.82) is 0 Å². The third kappa shape index (κ3) is 5.85. The molecule has 0 rings (SSSR count). The molecule has 3 nitrogen and oxygen atoms in total. The van der Waals surface area contributed by atoms with Crippen LogP contribution in [0.3, 0.4) is 0 Å². The molecular weight excluding hydrogens is 140 g/mol. The predicted molar refractivity (Wildman–Crippen MR) is 45.9 cm³/mol. The Morgan fingerprint density at radius 3 is 2.45 bits per heavy atom. The van der Waals surface area contributed by atoms with Gasteiger partial charge >= 0.3 is 0 Å². The molecule has 0 aliphatic carbocycles. The van der Waals surface area contributed by atoms with Crippen molar-refractivity contribution in [1.82, 2.24) is 0 Å². The van der Waals surface area contributed by atoms with E-state index in [1.807, 2.05) is 0 Å². The molecular formula is C8H18N2O. The maximum Gasteiger partial charge on any atom is 0.217 e. The Hall–Kier alpha value is -0.570. The quantitative estimate of drug-likeness (QED) is 0.595. The van der Waals surface area contributed by atoms with Gasteiger partial charge in [0.05, 0.1) is 0 Å². The normalized spacial score (nSPS) is 12.9. The van der Waals surface area contributed by atoms with E-state index in [1.54, 1.807) is 0 Å². The predicted octanol–water partition coefficient (Wildman–Crippen LogP) is 0.627. The van der Waals surface area contributed by atoms with Crippen molar-refractivity contribution in [3.63, 3.8) is 0 Å². The van der Waals surface area contributed by atoms with E-state index in [0.717, 1.165) is 19.3 Å². The molecule has 0 saturated carbocycles. The minimum Gasteiger partial charge on any atom is -0.370 e. The number of nitrogens with two attached hydrogens (primary N) is 2. The maximum atomic E-state index is 10.4. The number of carbonyl (C=O) groups excluding carboxylic acids is 1. The third-order valence-electron chi connectivity index (χ3n) is 1.95. The first kappa shape index (κ1) is 10.4. The van der Waals surface area contributed by atoms with E-state index in [0.29, 0.717) is 18.9 Å². The highest BCUT2D eigenvalue weighted by Crippen LogP contribution is 2.13. The van der Waals surface area contributed by atoms with Crippen LogP contribution in [0.25, 0.3) is 0 Å². The van der Waals surface area contributed by atoms with Crippen LogP contribution in [0.1, 0.15) is 32.6 Å². The molecule has 0 saturated heterocycles. The van der Waals surface area contributed by atoms with Crippen molar-refractivity contribution in [2.24, 2.45) is 17.4 Å². The molecule has 0 aliphatic rings. The lowest BCUT2D eigenvalue weighted by Crippen LogP contribution is -2.14. The Balaban J connectivity index is 3.43. The van der Waals surface area contributed by atoms with Crippen LogP contribution in [0, 0.1) is 5.92 Å². The molecule has 0 heterocycles. The highest BCUT2D eigenvalue weighted by atomic mass is 16.1. The number of primary amides is 1. The molecule has 1 amide bonds. The zero-order valence-electron chi connectivity index (χ0n) is 7.18. The van der Waals surface area contributed by atoms with Crippen LogP contribution >= 0.6 is 0 Å². The standard InChI is InChI=1S/C8H18N2O/c1-2-7(5-6-9)3-4-8(10)11/h7H,2-6,9H2,1H3,(H2,10,11). The SMILES string of the molecule is CCC(CCN)CCC(N)=O. The van der Waals surface area contributed by atoms with Gasteiger partial charge in [0.2, 0.25) is 5.91 Å². The highest BCUT2D eigenvalue weighted by molar-refractivity contribution is 5.73. The molecule has 3 heteroatoms. The van der Waals surface area contributed by atoms with E-state index in [1.165, 1.54) is 0 Å². The van der Waals surface area contributed by atoms with E-state index in [-0.39, 0.29) is 5.91 Å². The fraction of sp³-hybridized carbons (Fsp3) is 0.875. The van der Waals surface area contributed by atoms with Crippen molar-refractivity contribution in [3.8, 4) is 0 Å². The Morgan fingerprint density at radius 2 is 2.09 bits per heavy atom. The summed E-state index contributed by atoms with van der Waals surface area (Å²) in [5.41, 5.74) is 10.4. The average molecular weight is 158 g/mol. The summed E-state index contributed by atoms with van der Waals surface area (Å²) in [6.45, 7) is 2.82. The summed E-state index contributed by atoms with van der Waals surface area (Å²) in [7, 11) is 0. The van der Waals surface area contributed by atoms with Crippen LogP contribution in [0.5, 0.6) is 0 Å². The van der Waals surface area contributed by atoms with Crippen LogP contribution in [0.4, 0.5) is 0 Å². The van der Waals surface area contributed by atoms with Crippen molar-refractivity contribution >= 4 is 5.91 Å². The van der Waals surface area contributed by atoms with E-state index in [4.69, 9.17) is 11.5 Å². The summed E-state index contributed by atoms with van der Waals surface area (Å²) < 4.78 is 0. The molecule has 1 atom stereocenters. The molecule has 0 aromatic heterocycles. The number of amides is 1. The zero-order valence-corrected chi connectivity index (χ0v) is 7.18. The van der Waals surface area contributed by atoms with Crippen molar-refractivity contribution in [2.45, 2.75) is 32.6 Å². The van der Waals surface area contributed by atoms with Crippen LogP contribution in [0.15, 0.2) is 0 Å². The molecule has 0 spiro atoms. The Kier molecular flexibility index (Phi) is 5.84. The first-order valence-electron chi connectivity index (χ1n) is 4.19. The fourth-order valence-electron chi connectivity index (χ4n) is 1.13. The van der Waals surface area contributed by atoms with Crippen molar-refractivity contribution in [2.75, 3.05) is 6.54 Å². The van der Waals surface area contributed by atoms with Gasteiger partial charge in [-0.25, -0.2) is 0 Å². The van der Waals surface area contributed by atoms with Crippen LogP contribution in [-0.4, -0.2) is 12.5 Å². The van der Waals surface area contributed by atoms with Gasteiger partial charge < -0.3 is 11.5 Å². The Bertz CT molecular complexity index is 115. The summed E-state index contributed by atoms with van der Waals surface area (Å²) in [5.74, 6) is 0.368. The van der Waals surface area contributed by atoms with Gasteiger partial charge in [-0.15, -0.1) is 0 Å². The maximum absolute atomic E-state index is 10.4. The van der Waals surface area contributed by atoms with E-state index < -0.39 is 0 Å². The summed E-state index contributed by atoms with van der Waals surface area (Å²) in [4.78, 5) is 10.4. The lowest BCUT2D eigenvalue weighted by molar-refractivity contribution is -0.118. The molecule has 0 aliphatic heterocycles. The lowest BCUT2D eigenvalue weighted by atomic mass is 9.97. The lowest BCUT2D eigenvalue weighted by Gasteiger charge is -2.11. The molecule has 0 bridgehead atoms. The summed E-state index contributed by atoms with van der Waals surface area (Å²) in [6, 6.07) is 0. The number of hydrogen-bond acceptors (Lipinski definition) is 2. The van der Waals surface area contributed by atoms with Gasteiger partial charge in [-0.3, -0.25) is 4.79 Å². The Morgan fingerprint density at radius 1 is 1.45 bits per heavy atom. The Labute approximate surface area is 68.1 Å². The summed E-state index contributed by atoms with van der Waals surface area (Å²) in [6.07, 6.45) is 3.48. The molecule has 1 unspecified atom stereocenters. The molecule has 11 heavy (non-hydrogen) atoms. The second-order valence-electron chi connectivity index (χ2n) is 2.86. The highest BCUT2D eigenvalue weighted by Gasteiger charge is 2.06. The molecule has 66 valence electrons.